The topological polar surface area (TPSA) is 55.8 Å². The zero-order chi connectivity index (χ0) is 14.7. The molecule has 1 fully saturated rings. The minimum atomic E-state index is -0.579. The van der Waals surface area contributed by atoms with Crippen molar-refractivity contribution >= 4 is 5.97 Å². The lowest BCUT2D eigenvalue weighted by Crippen LogP contribution is -2.34. The molecular formula is C16H24O4. The molecule has 0 aromatic carbocycles. The molecule has 0 radical (unpaired) electrons. The Balaban J connectivity index is 2.30. The number of ether oxygens (including phenoxy) is 2. The summed E-state index contributed by atoms with van der Waals surface area (Å²) in [5, 5.41) is 10.5. The van der Waals surface area contributed by atoms with Gasteiger partial charge in [0.2, 0.25) is 0 Å². The number of aliphatic hydroxyl groups is 1. The number of fused-ring (bicyclic) bond motifs is 1. The highest BCUT2D eigenvalue weighted by molar-refractivity contribution is 5.76. The number of carbonyl (C=O) groups excluding carboxylic acids is 1. The van der Waals surface area contributed by atoms with Gasteiger partial charge in [0.15, 0.2) is 0 Å². The second-order valence-electron chi connectivity index (χ2n) is 5.91. The highest BCUT2D eigenvalue weighted by Gasteiger charge is 2.47. The van der Waals surface area contributed by atoms with Gasteiger partial charge in [0.1, 0.15) is 6.10 Å². The van der Waals surface area contributed by atoms with Gasteiger partial charge in [-0.2, -0.15) is 0 Å². The summed E-state index contributed by atoms with van der Waals surface area (Å²) in [7, 11) is 1.57. The van der Waals surface area contributed by atoms with Crippen LogP contribution in [0.3, 0.4) is 0 Å². The van der Waals surface area contributed by atoms with Gasteiger partial charge in [0.25, 0.3) is 0 Å². The molecule has 1 aliphatic carbocycles. The molecule has 4 unspecified atom stereocenters. The lowest BCUT2D eigenvalue weighted by atomic mass is 9.82. The van der Waals surface area contributed by atoms with E-state index in [1.165, 1.54) is 11.1 Å². The average Bonchev–Trinajstić information content (AvgIpc) is 2.65. The van der Waals surface area contributed by atoms with Crippen molar-refractivity contribution in [3.05, 3.63) is 23.3 Å². The van der Waals surface area contributed by atoms with Crippen LogP contribution in [-0.2, 0) is 14.3 Å². The number of rotatable bonds is 2. The third kappa shape index (κ3) is 3.30. The van der Waals surface area contributed by atoms with E-state index in [1.54, 1.807) is 7.11 Å². The third-order valence-electron chi connectivity index (χ3n) is 4.20. The first kappa shape index (κ1) is 15.3. The van der Waals surface area contributed by atoms with Crippen molar-refractivity contribution in [1.82, 2.24) is 0 Å². The Hall–Kier alpha value is -1.13. The first-order valence-corrected chi connectivity index (χ1v) is 7.23. The normalized spacial score (nSPS) is 34.9. The van der Waals surface area contributed by atoms with E-state index in [9.17, 15) is 9.90 Å². The van der Waals surface area contributed by atoms with E-state index in [-0.39, 0.29) is 23.9 Å². The lowest BCUT2D eigenvalue weighted by molar-refractivity contribution is -0.144. The zero-order valence-corrected chi connectivity index (χ0v) is 12.5. The van der Waals surface area contributed by atoms with Crippen LogP contribution in [-0.4, -0.2) is 37.0 Å². The summed E-state index contributed by atoms with van der Waals surface area (Å²) in [6.45, 7) is 4.38. The second kappa shape index (κ2) is 6.55. The molecule has 4 nitrogen and oxygen atoms in total. The molecule has 2 aliphatic rings. The highest BCUT2D eigenvalue weighted by Crippen LogP contribution is 2.36. The fourth-order valence-corrected chi connectivity index (χ4v) is 3.14. The molecule has 0 amide bonds. The maximum Gasteiger partial charge on any atom is 0.312 e. The van der Waals surface area contributed by atoms with Crippen LogP contribution in [0.4, 0.5) is 0 Å². The number of aliphatic hydroxyl groups excluding tert-OH is 1. The van der Waals surface area contributed by atoms with Crippen LogP contribution in [0.1, 0.15) is 33.1 Å². The van der Waals surface area contributed by atoms with Crippen molar-refractivity contribution in [1.29, 1.82) is 0 Å². The molecule has 1 heterocycles. The largest absolute Gasteiger partial charge is 0.457 e. The highest BCUT2D eigenvalue weighted by atomic mass is 16.6. The van der Waals surface area contributed by atoms with Crippen molar-refractivity contribution in [2.75, 3.05) is 13.7 Å². The standard InChI is InChI=1S/C16H24O4/c1-10-5-4-6-11(2)8-14-15(13(17)7-10)12(9-19-3)16(18)20-14/h5,8,12-15,17H,4,6-7,9H2,1-3H3. The minimum Gasteiger partial charge on any atom is -0.457 e. The van der Waals surface area contributed by atoms with E-state index in [0.717, 1.165) is 12.8 Å². The number of esters is 1. The molecule has 20 heavy (non-hydrogen) atoms. The van der Waals surface area contributed by atoms with Crippen molar-refractivity contribution < 1.29 is 19.4 Å². The Morgan fingerprint density at radius 3 is 2.85 bits per heavy atom. The van der Waals surface area contributed by atoms with Gasteiger partial charge in [0.05, 0.1) is 18.6 Å². The van der Waals surface area contributed by atoms with Gasteiger partial charge >= 0.3 is 5.97 Å². The number of hydrogen-bond acceptors (Lipinski definition) is 4. The predicted octanol–water partition coefficient (Wildman–Crippen LogP) is 2.23. The Labute approximate surface area is 120 Å². The van der Waals surface area contributed by atoms with Crippen LogP contribution >= 0.6 is 0 Å². The van der Waals surface area contributed by atoms with Crippen molar-refractivity contribution in [2.24, 2.45) is 11.8 Å². The summed E-state index contributed by atoms with van der Waals surface area (Å²) in [6.07, 6.45) is 5.77. The molecule has 0 aromatic heterocycles. The Bertz CT molecular complexity index is 424. The number of methoxy groups -OCH3 is 1. The fraction of sp³-hybridized carbons (Fsp3) is 0.688. The molecule has 0 aromatic rings. The van der Waals surface area contributed by atoms with Gasteiger partial charge < -0.3 is 14.6 Å². The zero-order valence-electron chi connectivity index (χ0n) is 12.5. The van der Waals surface area contributed by atoms with Crippen molar-refractivity contribution in [2.45, 2.75) is 45.3 Å². The number of hydrogen-bond donors (Lipinski definition) is 1. The molecular weight excluding hydrogens is 256 g/mol. The van der Waals surface area contributed by atoms with Gasteiger partial charge in [-0.15, -0.1) is 0 Å². The first-order valence-electron chi connectivity index (χ1n) is 7.23. The Morgan fingerprint density at radius 2 is 2.15 bits per heavy atom. The van der Waals surface area contributed by atoms with Gasteiger partial charge in [-0.1, -0.05) is 17.2 Å². The maximum absolute atomic E-state index is 12.0. The molecule has 0 bridgehead atoms. The second-order valence-corrected chi connectivity index (χ2v) is 5.91. The summed E-state index contributed by atoms with van der Waals surface area (Å²) in [5.41, 5.74) is 2.37. The molecule has 1 aliphatic heterocycles. The molecule has 1 N–H and O–H groups in total. The maximum atomic E-state index is 12.0. The van der Waals surface area contributed by atoms with Gasteiger partial charge in [-0.3, -0.25) is 4.79 Å². The smallest absolute Gasteiger partial charge is 0.312 e. The summed E-state index contributed by atoms with van der Waals surface area (Å²) in [5.74, 6) is -0.860. The number of allylic oxidation sites excluding steroid dienone is 2. The molecule has 1 saturated heterocycles. The molecule has 4 atom stereocenters. The predicted molar refractivity (Wildman–Crippen MR) is 76.1 cm³/mol. The van der Waals surface area contributed by atoms with E-state index < -0.39 is 6.10 Å². The molecule has 0 saturated carbocycles. The van der Waals surface area contributed by atoms with Crippen LogP contribution in [0.2, 0.25) is 0 Å². The van der Waals surface area contributed by atoms with Gasteiger partial charge in [-0.25, -0.2) is 0 Å². The molecule has 0 spiro atoms. The summed E-state index contributed by atoms with van der Waals surface area (Å²) >= 11 is 0. The molecule has 112 valence electrons. The van der Waals surface area contributed by atoms with E-state index in [2.05, 4.69) is 6.08 Å². The number of carbonyl (C=O) groups is 1. The Kier molecular flexibility index (Phi) is 5.00. The quantitative estimate of drug-likeness (QED) is 0.622. The van der Waals surface area contributed by atoms with Crippen LogP contribution in [0, 0.1) is 11.8 Å². The van der Waals surface area contributed by atoms with Crippen molar-refractivity contribution in [3.8, 4) is 0 Å². The third-order valence-corrected chi connectivity index (χ3v) is 4.20. The minimum absolute atomic E-state index is 0.223. The van der Waals surface area contributed by atoms with Gasteiger partial charge in [0, 0.05) is 13.0 Å². The summed E-state index contributed by atoms with van der Waals surface area (Å²) in [4.78, 5) is 12.0. The van der Waals surface area contributed by atoms with E-state index >= 15 is 0 Å². The average molecular weight is 280 g/mol. The van der Waals surface area contributed by atoms with Crippen LogP contribution < -0.4 is 0 Å². The van der Waals surface area contributed by atoms with Crippen LogP contribution in [0.5, 0.6) is 0 Å². The van der Waals surface area contributed by atoms with Gasteiger partial charge in [-0.05, 0) is 39.2 Å². The van der Waals surface area contributed by atoms with E-state index in [4.69, 9.17) is 9.47 Å². The Morgan fingerprint density at radius 1 is 1.40 bits per heavy atom. The monoisotopic (exact) mass is 280 g/mol. The summed E-state index contributed by atoms with van der Waals surface area (Å²) in [6, 6.07) is 0. The lowest BCUT2D eigenvalue weighted by Gasteiger charge is -2.25. The molecule has 4 heteroatoms. The molecule has 2 rings (SSSR count). The van der Waals surface area contributed by atoms with E-state index in [1.807, 2.05) is 19.9 Å². The van der Waals surface area contributed by atoms with Crippen LogP contribution in [0.15, 0.2) is 23.3 Å². The van der Waals surface area contributed by atoms with E-state index in [0.29, 0.717) is 13.0 Å². The fourth-order valence-electron chi connectivity index (χ4n) is 3.14. The van der Waals surface area contributed by atoms with Crippen molar-refractivity contribution in [3.63, 3.8) is 0 Å². The van der Waals surface area contributed by atoms with Crippen LogP contribution in [0.25, 0.3) is 0 Å². The summed E-state index contributed by atoms with van der Waals surface area (Å²) < 4.78 is 10.6. The SMILES string of the molecule is COCC1C(=O)OC2C=C(C)CCC=C(C)CC(O)C21. The first-order chi connectivity index (χ1) is 9.52.